The van der Waals surface area contributed by atoms with E-state index in [1.165, 1.54) is 8.45 Å². The SMILES string of the molecule is CCCNC(c1csc(I)c1)c1c(Cl)cnn1CCOC. The Morgan fingerprint density at radius 3 is 3.00 bits per heavy atom. The van der Waals surface area contributed by atoms with Gasteiger partial charge >= 0.3 is 0 Å². The normalized spacial score (nSPS) is 12.8. The predicted octanol–water partition coefficient (Wildman–Crippen LogP) is 3.94. The van der Waals surface area contributed by atoms with E-state index in [9.17, 15) is 0 Å². The molecule has 0 aliphatic carbocycles. The molecule has 2 aromatic rings. The summed E-state index contributed by atoms with van der Waals surface area (Å²) >= 11 is 10.5. The van der Waals surface area contributed by atoms with Crippen LogP contribution in [0.5, 0.6) is 0 Å². The lowest BCUT2D eigenvalue weighted by Gasteiger charge is -2.20. The minimum atomic E-state index is 0.0663. The van der Waals surface area contributed by atoms with E-state index in [4.69, 9.17) is 16.3 Å². The number of methoxy groups -OCH3 is 1. The molecular formula is C14H19ClIN3OS. The van der Waals surface area contributed by atoms with Crippen molar-refractivity contribution >= 4 is 45.5 Å². The van der Waals surface area contributed by atoms with Crippen molar-refractivity contribution in [1.82, 2.24) is 15.1 Å². The molecule has 0 aliphatic rings. The van der Waals surface area contributed by atoms with Gasteiger partial charge in [-0.1, -0.05) is 18.5 Å². The van der Waals surface area contributed by atoms with Gasteiger partial charge in [0.1, 0.15) is 0 Å². The van der Waals surface area contributed by atoms with Crippen LogP contribution in [0.3, 0.4) is 0 Å². The Bertz CT molecular complexity index is 572. The van der Waals surface area contributed by atoms with Crippen LogP contribution in [0, 0.1) is 2.88 Å². The average Bonchev–Trinajstić information content (AvgIpc) is 3.05. The first-order valence-corrected chi connectivity index (χ1v) is 9.18. The monoisotopic (exact) mass is 439 g/mol. The van der Waals surface area contributed by atoms with Crippen molar-refractivity contribution < 1.29 is 4.74 Å². The van der Waals surface area contributed by atoms with Gasteiger partial charge in [0.15, 0.2) is 0 Å². The van der Waals surface area contributed by atoms with Gasteiger partial charge in [-0.25, -0.2) is 0 Å². The zero-order valence-electron chi connectivity index (χ0n) is 12.1. The van der Waals surface area contributed by atoms with Gasteiger partial charge in [0.2, 0.25) is 0 Å². The second kappa shape index (κ2) is 8.47. The van der Waals surface area contributed by atoms with Crippen LogP contribution in [0.25, 0.3) is 0 Å². The Hall–Kier alpha value is -0.150. The van der Waals surface area contributed by atoms with Gasteiger partial charge in [0.25, 0.3) is 0 Å². The summed E-state index contributed by atoms with van der Waals surface area (Å²) in [6.45, 7) is 4.41. The Kier molecular flexibility index (Phi) is 6.94. The van der Waals surface area contributed by atoms with Crippen molar-refractivity contribution in [2.45, 2.75) is 25.9 Å². The summed E-state index contributed by atoms with van der Waals surface area (Å²) in [4.78, 5) is 0. The molecule has 2 heterocycles. The summed E-state index contributed by atoms with van der Waals surface area (Å²) in [6.07, 6.45) is 2.78. The summed E-state index contributed by atoms with van der Waals surface area (Å²) in [5.74, 6) is 0. The first-order valence-electron chi connectivity index (χ1n) is 6.84. The third kappa shape index (κ3) is 4.41. The molecule has 1 atom stereocenters. The summed E-state index contributed by atoms with van der Waals surface area (Å²) in [5, 5.41) is 10.8. The maximum Gasteiger partial charge on any atom is 0.0837 e. The molecule has 0 bridgehead atoms. The minimum Gasteiger partial charge on any atom is -0.383 e. The molecule has 0 spiro atoms. The average molecular weight is 440 g/mol. The molecule has 4 nitrogen and oxygen atoms in total. The van der Waals surface area contributed by atoms with Gasteiger partial charge in [-0.05, 0) is 52.6 Å². The minimum absolute atomic E-state index is 0.0663. The van der Waals surface area contributed by atoms with Crippen molar-refractivity contribution in [2.24, 2.45) is 0 Å². The van der Waals surface area contributed by atoms with Gasteiger partial charge < -0.3 is 10.1 Å². The van der Waals surface area contributed by atoms with E-state index < -0.39 is 0 Å². The molecule has 0 amide bonds. The molecule has 2 aromatic heterocycles. The van der Waals surface area contributed by atoms with Crippen LogP contribution < -0.4 is 5.32 Å². The summed E-state index contributed by atoms with van der Waals surface area (Å²) in [7, 11) is 1.69. The third-order valence-corrected chi connectivity index (χ3v) is 5.23. The Morgan fingerprint density at radius 1 is 1.57 bits per heavy atom. The van der Waals surface area contributed by atoms with Crippen LogP contribution >= 0.6 is 45.5 Å². The quantitative estimate of drug-likeness (QED) is 0.633. The van der Waals surface area contributed by atoms with E-state index in [-0.39, 0.29) is 6.04 Å². The number of halogens is 2. The second-order valence-corrected chi connectivity index (χ2v) is 7.88. The van der Waals surface area contributed by atoms with Gasteiger partial charge in [-0.2, -0.15) is 5.10 Å². The number of aromatic nitrogens is 2. The second-order valence-electron chi connectivity index (χ2n) is 4.66. The van der Waals surface area contributed by atoms with Crippen molar-refractivity contribution in [3.05, 3.63) is 36.8 Å². The molecule has 0 radical (unpaired) electrons. The highest BCUT2D eigenvalue weighted by Crippen LogP contribution is 2.31. The molecule has 2 rings (SSSR count). The number of ether oxygens (including phenoxy) is 1. The highest BCUT2D eigenvalue weighted by atomic mass is 127. The number of hydrogen-bond acceptors (Lipinski definition) is 4. The van der Waals surface area contributed by atoms with E-state index in [2.05, 4.69) is 51.4 Å². The highest BCUT2D eigenvalue weighted by Gasteiger charge is 2.22. The molecule has 0 aromatic carbocycles. The van der Waals surface area contributed by atoms with Crippen LogP contribution in [0.4, 0.5) is 0 Å². The van der Waals surface area contributed by atoms with Gasteiger partial charge in [-0.3, -0.25) is 4.68 Å². The van der Waals surface area contributed by atoms with Crippen molar-refractivity contribution in [1.29, 1.82) is 0 Å². The smallest absolute Gasteiger partial charge is 0.0837 e. The van der Waals surface area contributed by atoms with Crippen molar-refractivity contribution in [2.75, 3.05) is 20.3 Å². The Balaban J connectivity index is 2.33. The first kappa shape index (κ1) is 17.2. The van der Waals surface area contributed by atoms with Crippen molar-refractivity contribution in [3.63, 3.8) is 0 Å². The van der Waals surface area contributed by atoms with E-state index in [0.29, 0.717) is 18.2 Å². The molecule has 0 saturated heterocycles. The van der Waals surface area contributed by atoms with Crippen LogP contribution in [0.15, 0.2) is 17.6 Å². The fourth-order valence-electron chi connectivity index (χ4n) is 2.15. The number of nitrogens with zero attached hydrogens (tertiary/aromatic N) is 2. The van der Waals surface area contributed by atoms with E-state index in [1.54, 1.807) is 24.6 Å². The highest BCUT2D eigenvalue weighted by molar-refractivity contribution is 14.1. The molecule has 0 fully saturated rings. The lowest BCUT2D eigenvalue weighted by molar-refractivity contribution is 0.182. The maximum absolute atomic E-state index is 6.39. The molecule has 116 valence electrons. The molecule has 0 saturated carbocycles. The van der Waals surface area contributed by atoms with Crippen LogP contribution in [-0.2, 0) is 11.3 Å². The van der Waals surface area contributed by atoms with E-state index in [1.807, 2.05) is 4.68 Å². The molecular weight excluding hydrogens is 421 g/mol. The predicted molar refractivity (Wildman–Crippen MR) is 96.3 cm³/mol. The lowest BCUT2D eigenvalue weighted by Crippen LogP contribution is -2.26. The first-order chi connectivity index (χ1) is 10.2. The third-order valence-electron chi connectivity index (χ3n) is 3.13. The van der Waals surface area contributed by atoms with Gasteiger partial charge in [0, 0.05) is 7.11 Å². The van der Waals surface area contributed by atoms with Gasteiger partial charge in [-0.15, -0.1) is 11.3 Å². The lowest BCUT2D eigenvalue weighted by atomic mass is 10.1. The van der Waals surface area contributed by atoms with Crippen molar-refractivity contribution in [3.8, 4) is 0 Å². The zero-order valence-corrected chi connectivity index (χ0v) is 15.8. The molecule has 1 N–H and O–H groups in total. The van der Waals surface area contributed by atoms with Gasteiger partial charge in [0.05, 0.1) is 39.0 Å². The van der Waals surface area contributed by atoms with Crippen LogP contribution in [0.2, 0.25) is 5.02 Å². The largest absolute Gasteiger partial charge is 0.383 e. The summed E-state index contributed by atoms with van der Waals surface area (Å²) < 4.78 is 8.36. The number of thiophene rings is 1. The number of rotatable bonds is 8. The summed E-state index contributed by atoms with van der Waals surface area (Å²) in [6, 6.07) is 2.26. The number of hydrogen-bond donors (Lipinski definition) is 1. The maximum atomic E-state index is 6.39. The van der Waals surface area contributed by atoms with Crippen LogP contribution in [0.1, 0.15) is 30.6 Å². The molecule has 21 heavy (non-hydrogen) atoms. The Morgan fingerprint density at radius 2 is 2.38 bits per heavy atom. The standard InChI is InChI=1S/C14H19ClIN3OS/c1-3-4-17-13(10-7-12(16)21-9-10)14-11(15)8-18-19(14)5-6-20-2/h7-9,13,17H,3-6H2,1-2H3. The Labute approximate surface area is 148 Å². The van der Waals surface area contributed by atoms with E-state index in [0.717, 1.165) is 18.7 Å². The summed E-state index contributed by atoms with van der Waals surface area (Å²) in [5.41, 5.74) is 2.25. The number of nitrogens with one attached hydrogen (secondary N) is 1. The van der Waals surface area contributed by atoms with E-state index >= 15 is 0 Å². The molecule has 0 aliphatic heterocycles. The fourth-order valence-corrected chi connectivity index (χ4v) is 3.80. The zero-order chi connectivity index (χ0) is 15.2. The molecule has 1 unspecified atom stereocenters. The van der Waals surface area contributed by atoms with Crippen LogP contribution in [-0.4, -0.2) is 30.0 Å². The molecule has 7 heteroatoms. The topological polar surface area (TPSA) is 39.1 Å². The fraction of sp³-hybridized carbons (Fsp3) is 0.500.